The molecule has 0 aliphatic heterocycles. The molecule has 0 unspecified atom stereocenters. The Balaban J connectivity index is 2.66. The highest BCUT2D eigenvalue weighted by Crippen LogP contribution is 2.12. The summed E-state index contributed by atoms with van der Waals surface area (Å²) in [4.78, 5) is 15.7. The standard InChI is InChI=1S/C8H14N4OS/c1-5-10-7(14-12-5)11-6(13)8(2,3)9-4/h9H,1-4H3,(H,10,11,12,13). The third-order valence-electron chi connectivity index (χ3n) is 1.94. The number of amides is 1. The fourth-order valence-corrected chi connectivity index (χ4v) is 1.29. The lowest BCUT2D eigenvalue weighted by atomic mass is 10.1. The number of hydrogen-bond donors (Lipinski definition) is 2. The first-order valence-electron chi connectivity index (χ1n) is 4.26. The lowest BCUT2D eigenvalue weighted by Crippen LogP contribution is -2.47. The van der Waals surface area contributed by atoms with Crippen LogP contribution in [0.15, 0.2) is 0 Å². The van der Waals surface area contributed by atoms with E-state index in [-0.39, 0.29) is 5.91 Å². The molecule has 0 aliphatic carbocycles. The van der Waals surface area contributed by atoms with E-state index in [4.69, 9.17) is 0 Å². The van der Waals surface area contributed by atoms with Crippen LogP contribution in [-0.2, 0) is 4.79 Å². The maximum atomic E-state index is 11.6. The number of carbonyl (C=O) groups excluding carboxylic acids is 1. The van der Waals surface area contributed by atoms with Crippen molar-refractivity contribution in [1.82, 2.24) is 14.7 Å². The van der Waals surface area contributed by atoms with Crippen LogP contribution < -0.4 is 10.6 Å². The Morgan fingerprint density at radius 1 is 1.50 bits per heavy atom. The number of anilines is 1. The molecule has 0 bridgehead atoms. The minimum atomic E-state index is -0.598. The van der Waals surface area contributed by atoms with E-state index >= 15 is 0 Å². The Bertz CT molecular complexity index is 334. The molecule has 0 saturated carbocycles. The Morgan fingerprint density at radius 2 is 2.14 bits per heavy atom. The van der Waals surface area contributed by atoms with E-state index in [0.717, 1.165) is 0 Å². The highest BCUT2D eigenvalue weighted by molar-refractivity contribution is 7.09. The number of nitrogens with one attached hydrogen (secondary N) is 2. The summed E-state index contributed by atoms with van der Waals surface area (Å²) in [5.74, 6) is 0.559. The second-order valence-corrected chi connectivity index (χ2v) is 4.23. The van der Waals surface area contributed by atoms with Gasteiger partial charge in [-0.1, -0.05) is 0 Å². The van der Waals surface area contributed by atoms with Gasteiger partial charge in [0.2, 0.25) is 11.0 Å². The summed E-state index contributed by atoms with van der Waals surface area (Å²) in [6, 6.07) is 0. The summed E-state index contributed by atoms with van der Waals surface area (Å²) < 4.78 is 3.97. The normalized spacial score (nSPS) is 11.4. The molecule has 5 nitrogen and oxygen atoms in total. The van der Waals surface area contributed by atoms with Gasteiger partial charge in [0.05, 0.1) is 5.54 Å². The van der Waals surface area contributed by atoms with Crippen LogP contribution in [0.3, 0.4) is 0 Å². The van der Waals surface area contributed by atoms with E-state index in [9.17, 15) is 4.79 Å². The number of nitrogens with zero attached hydrogens (tertiary/aromatic N) is 2. The topological polar surface area (TPSA) is 66.9 Å². The van der Waals surface area contributed by atoms with Crippen molar-refractivity contribution < 1.29 is 4.79 Å². The molecule has 6 heteroatoms. The van der Waals surface area contributed by atoms with Crippen molar-refractivity contribution in [2.75, 3.05) is 12.4 Å². The molecule has 0 fully saturated rings. The number of rotatable bonds is 3. The third kappa shape index (κ3) is 2.49. The van der Waals surface area contributed by atoms with Gasteiger partial charge in [0.25, 0.3) is 0 Å². The zero-order valence-electron chi connectivity index (χ0n) is 8.71. The minimum absolute atomic E-state index is 0.115. The van der Waals surface area contributed by atoms with Crippen molar-refractivity contribution >= 4 is 22.6 Å². The molecular formula is C8H14N4OS. The highest BCUT2D eigenvalue weighted by Gasteiger charge is 2.25. The molecule has 78 valence electrons. The van der Waals surface area contributed by atoms with Gasteiger partial charge in [-0.25, -0.2) is 4.98 Å². The summed E-state index contributed by atoms with van der Waals surface area (Å²) in [6.07, 6.45) is 0. The van der Waals surface area contributed by atoms with E-state index in [1.54, 1.807) is 27.8 Å². The summed E-state index contributed by atoms with van der Waals surface area (Å²) in [5.41, 5.74) is -0.598. The van der Waals surface area contributed by atoms with Gasteiger partial charge in [-0.3, -0.25) is 10.1 Å². The zero-order chi connectivity index (χ0) is 10.8. The predicted molar refractivity (Wildman–Crippen MR) is 56.4 cm³/mol. The smallest absolute Gasteiger partial charge is 0.245 e. The number of likely N-dealkylation sites (N-methyl/N-ethyl adjacent to an activating group) is 1. The average molecular weight is 214 g/mol. The van der Waals surface area contributed by atoms with Crippen molar-refractivity contribution in [2.24, 2.45) is 0 Å². The van der Waals surface area contributed by atoms with Crippen molar-refractivity contribution in [3.05, 3.63) is 5.82 Å². The monoisotopic (exact) mass is 214 g/mol. The second kappa shape index (κ2) is 4.02. The van der Waals surface area contributed by atoms with Gasteiger partial charge >= 0.3 is 0 Å². The molecule has 0 aliphatic rings. The van der Waals surface area contributed by atoms with E-state index in [1.807, 2.05) is 0 Å². The van der Waals surface area contributed by atoms with Gasteiger partial charge in [0.15, 0.2) is 0 Å². The van der Waals surface area contributed by atoms with Crippen LogP contribution in [0.4, 0.5) is 5.13 Å². The number of hydrogen-bond acceptors (Lipinski definition) is 5. The predicted octanol–water partition coefficient (Wildman–Crippen LogP) is 0.783. The summed E-state index contributed by atoms with van der Waals surface area (Å²) in [6.45, 7) is 5.39. The second-order valence-electron chi connectivity index (χ2n) is 3.48. The molecule has 1 aromatic heterocycles. The molecule has 0 saturated heterocycles. The Hall–Kier alpha value is -1.01. The van der Waals surface area contributed by atoms with Gasteiger partial charge in [0.1, 0.15) is 5.82 Å². The number of aromatic nitrogens is 2. The average Bonchev–Trinajstić information content (AvgIpc) is 2.51. The number of carbonyl (C=O) groups is 1. The molecule has 14 heavy (non-hydrogen) atoms. The molecule has 0 radical (unpaired) electrons. The van der Waals surface area contributed by atoms with E-state index < -0.39 is 5.54 Å². The van der Waals surface area contributed by atoms with Crippen molar-refractivity contribution in [3.8, 4) is 0 Å². The molecule has 1 heterocycles. The molecule has 0 atom stereocenters. The molecule has 2 N–H and O–H groups in total. The highest BCUT2D eigenvalue weighted by atomic mass is 32.1. The molecular weight excluding hydrogens is 200 g/mol. The van der Waals surface area contributed by atoms with Crippen LogP contribution in [-0.4, -0.2) is 27.9 Å². The maximum Gasteiger partial charge on any atom is 0.245 e. The fourth-order valence-electron chi connectivity index (χ4n) is 0.715. The lowest BCUT2D eigenvalue weighted by Gasteiger charge is -2.21. The van der Waals surface area contributed by atoms with Crippen molar-refractivity contribution in [3.63, 3.8) is 0 Å². The summed E-state index contributed by atoms with van der Waals surface area (Å²) >= 11 is 1.18. The minimum Gasteiger partial charge on any atom is -0.307 e. The first-order chi connectivity index (χ1) is 6.45. The van der Waals surface area contributed by atoms with Crippen LogP contribution >= 0.6 is 11.5 Å². The summed E-state index contributed by atoms with van der Waals surface area (Å²) in [7, 11) is 1.74. The Kier molecular flexibility index (Phi) is 3.17. The van der Waals surface area contributed by atoms with E-state index in [0.29, 0.717) is 11.0 Å². The molecule has 1 aromatic rings. The SMILES string of the molecule is CNC(C)(C)C(=O)Nc1nc(C)ns1. The summed E-state index contributed by atoms with van der Waals surface area (Å²) in [5, 5.41) is 6.15. The molecule has 0 aromatic carbocycles. The zero-order valence-corrected chi connectivity index (χ0v) is 9.53. The molecule has 0 spiro atoms. The van der Waals surface area contributed by atoms with Crippen LogP contribution in [0.25, 0.3) is 0 Å². The van der Waals surface area contributed by atoms with E-state index in [2.05, 4.69) is 20.0 Å². The van der Waals surface area contributed by atoms with Gasteiger partial charge < -0.3 is 5.32 Å². The third-order valence-corrected chi connectivity index (χ3v) is 2.66. The molecule has 1 amide bonds. The first kappa shape index (κ1) is 11.1. The number of aryl methyl sites for hydroxylation is 1. The van der Waals surface area contributed by atoms with Crippen molar-refractivity contribution in [2.45, 2.75) is 26.3 Å². The van der Waals surface area contributed by atoms with Crippen LogP contribution in [0.5, 0.6) is 0 Å². The van der Waals surface area contributed by atoms with Crippen molar-refractivity contribution in [1.29, 1.82) is 0 Å². The first-order valence-corrected chi connectivity index (χ1v) is 5.04. The van der Waals surface area contributed by atoms with Gasteiger partial charge in [-0.05, 0) is 27.8 Å². The maximum absolute atomic E-state index is 11.6. The van der Waals surface area contributed by atoms with Crippen LogP contribution in [0, 0.1) is 6.92 Å². The quantitative estimate of drug-likeness (QED) is 0.780. The fraction of sp³-hybridized carbons (Fsp3) is 0.625. The largest absolute Gasteiger partial charge is 0.307 e. The Morgan fingerprint density at radius 3 is 2.57 bits per heavy atom. The van der Waals surface area contributed by atoms with Gasteiger partial charge in [-0.2, -0.15) is 4.37 Å². The molecule has 1 rings (SSSR count). The van der Waals surface area contributed by atoms with Crippen LogP contribution in [0.1, 0.15) is 19.7 Å². The van der Waals surface area contributed by atoms with Gasteiger partial charge in [-0.15, -0.1) is 0 Å². The van der Waals surface area contributed by atoms with E-state index in [1.165, 1.54) is 11.5 Å². The Labute approximate surface area is 87.1 Å². The van der Waals surface area contributed by atoms with Gasteiger partial charge in [0, 0.05) is 11.5 Å². The lowest BCUT2D eigenvalue weighted by molar-refractivity contribution is -0.121. The van der Waals surface area contributed by atoms with Crippen LogP contribution in [0.2, 0.25) is 0 Å².